The molecule has 0 bridgehead atoms. The predicted molar refractivity (Wildman–Crippen MR) is 97.4 cm³/mol. The highest BCUT2D eigenvalue weighted by molar-refractivity contribution is 6.34. The van der Waals surface area contributed by atoms with Crippen molar-refractivity contribution < 1.29 is 14.3 Å². The van der Waals surface area contributed by atoms with E-state index < -0.39 is 0 Å². The fourth-order valence-corrected chi connectivity index (χ4v) is 3.15. The molecule has 0 saturated heterocycles. The van der Waals surface area contributed by atoms with E-state index in [0.717, 1.165) is 27.7 Å². The summed E-state index contributed by atoms with van der Waals surface area (Å²) in [5.74, 6) is 1.29. The van der Waals surface area contributed by atoms with E-state index in [9.17, 15) is 4.79 Å². The average Bonchev–Trinajstić information content (AvgIpc) is 3.04. The van der Waals surface area contributed by atoms with E-state index >= 15 is 0 Å². The Labute approximate surface area is 149 Å². The van der Waals surface area contributed by atoms with E-state index in [1.807, 2.05) is 43.3 Å². The highest BCUT2D eigenvalue weighted by Crippen LogP contribution is 2.40. The zero-order chi connectivity index (χ0) is 17.6. The molecule has 1 aliphatic heterocycles. The van der Waals surface area contributed by atoms with Crippen LogP contribution in [0.2, 0.25) is 5.02 Å². The van der Waals surface area contributed by atoms with Crippen LogP contribution in [0.15, 0.2) is 36.4 Å². The molecule has 1 aliphatic rings. The maximum Gasteiger partial charge on any atom is 0.231 e. The lowest BCUT2D eigenvalue weighted by Gasteiger charge is -2.11. The van der Waals surface area contributed by atoms with Crippen LogP contribution < -0.4 is 14.8 Å². The number of aromatic nitrogens is 1. The third-order valence-corrected chi connectivity index (χ3v) is 4.61. The fraction of sp³-hybridized carbons (Fsp3) is 0.158. The molecule has 0 saturated carbocycles. The van der Waals surface area contributed by atoms with E-state index in [4.69, 9.17) is 26.1 Å². The normalized spacial score (nSPS) is 12.4. The number of rotatable bonds is 2. The summed E-state index contributed by atoms with van der Waals surface area (Å²) in [6.45, 7) is 3.66. The molecule has 0 fully saturated rings. The number of nitrogens with zero attached hydrogens (tertiary/aromatic N) is 1. The molecule has 1 amide bonds. The van der Waals surface area contributed by atoms with Crippen LogP contribution in [0.1, 0.15) is 12.5 Å². The number of fused-ring (bicyclic) bond motifs is 2. The molecule has 0 radical (unpaired) electrons. The number of nitrogens with one attached hydrogen (secondary N) is 1. The quantitative estimate of drug-likeness (QED) is 0.733. The van der Waals surface area contributed by atoms with Crippen molar-refractivity contribution in [2.75, 3.05) is 12.1 Å². The van der Waals surface area contributed by atoms with Crippen LogP contribution in [0.4, 0.5) is 5.69 Å². The van der Waals surface area contributed by atoms with Crippen molar-refractivity contribution in [2.24, 2.45) is 0 Å². The van der Waals surface area contributed by atoms with Gasteiger partial charge in [-0.1, -0.05) is 23.7 Å². The molecule has 0 atom stereocenters. The standard InChI is InChI=1S/C19H15ClN2O3/c1-10-14-7-16-17(25-9-24-16)8-15(14)22-19(18(10)20)12-3-5-13(6-4-12)21-11(2)23/h3-8H,9H2,1-2H3,(H,21,23). The predicted octanol–water partition coefficient (Wildman–Crippen LogP) is 4.55. The molecule has 6 heteroatoms. The van der Waals surface area contributed by atoms with Gasteiger partial charge in [-0.15, -0.1) is 0 Å². The maximum absolute atomic E-state index is 11.1. The number of aryl methyl sites for hydroxylation is 1. The Morgan fingerprint density at radius 3 is 2.52 bits per heavy atom. The molecule has 2 heterocycles. The van der Waals surface area contributed by atoms with Gasteiger partial charge < -0.3 is 14.8 Å². The van der Waals surface area contributed by atoms with E-state index in [2.05, 4.69) is 5.32 Å². The summed E-state index contributed by atoms with van der Waals surface area (Å²) in [4.78, 5) is 15.9. The second-order valence-corrected chi connectivity index (χ2v) is 6.26. The lowest BCUT2D eigenvalue weighted by Crippen LogP contribution is -2.05. The van der Waals surface area contributed by atoms with Crippen LogP contribution in [0.5, 0.6) is 11.5 Å². The Kier molecular flexibility index (Phi) is 3.73. The molecular weight excluding hydrogens is 340 g/mol. The summed E-state index contributed by atoms with van der Waals surface area (Å²) in [5, 5.41) is 4.28. The molecule has 3 aromatic rings. The fourth-order valence-electron chi connectivity index (χ4n) is 2.90. The molecule has 0 aliphatic carbocycles. The first-order valence-electron chi connectivity index (χ1n) is 7.80. The molecule has 4 rings (SSSR count). The highest BCUT2D eigenvalue weighted by Gasteiger charge is 2.19. The number of benzene rings is 2. The molecule has 1 aromatic heterocycles. The molecule has 126 valence electrons. The second-order valence-electron chi connectivity index (χ2n) is 5.88. The number of hydrogen-bond acceptors (Lipinski definition) is 4. The van der Waals surface area contributed by atoms with E-state index in [-0.39, 0.29) is 12.7 Å². The largest absolute Gasteiger partial charge is 0.454 e. The zero-order valence-electron chi connectivity index (χ0n) is 13.7. The van der Waals surface area contributed by atoms with Gasteiger partial charge in [-0.05, 0) is 30.7 Å². The second kappa shape index (κ2) is 5.93. The third kappa shape index (κ3) is 2.76. The maximum atomic E-state index is 11.1. The Morgan fingerprint density at radius 1 is 1.16 bits per heavy atom. The molecular formula is C19H15ClN2O3. The monoisotopic (exact) mass is 354 g/mol. The van der Waals surface area contributed by atoms with Crippen LogP contribution in [0.3, 0.4) is 0 Å². The minimum Gasteiger partial charge on any atom is -0.454 e. The molecule has 1 N–H and O–H groups in total. The Morgan fingerprint density at radius 2 is 1.84 bits per heavy atom. The highest BCUT2D eigenvalue weighted by atomic mass is 35.5. The SMILES string of the molecule is CC(=O)Nc1ccc(-c2nc3cc4c(cc3c(C)c2Cl)OCO4)cc1. The van der Waals surface area contributed by atoms with Crippen molar-refractivity contribution in [3.63, 3.8) is 0 Å². The number of hydrogen-bond donors (Lipinski definition) is 1. The number of pyridine rings is 1. The summed E-state index contributed by atoms with van der Waals surface area (Å²) in [7, 11) is 0. The van der Waals surface area contributed by atoms with Gasteiger partial charge in [0.1, 0.15) is 0 Å². The van der Waals surface area contributed by atoms with Gasteiger partial charge in [0.05, 0.1) is 16.2 Å². The molecule has 5 nitrogen and oxygen atoms in total. The van der Waals surface area contributed by atoms with Gasteiger partial charge in [-0.25, -0.2) is 4.98 Å². The third-order valence-electron chi connectivity index (χ3n) is 4.14. The van der Waals surface area contributed by atoms with Crippen LogP contribution in [-0.2, 0) is 4.79 Å². The summed E-state index contributed by atoms with van der Waals surface area (Å²) in [6.07, 6.45) is 0. The van der Waals surface area contributed by atoms with Gasteiger partial charge in [0.15, 0.2) is 11.5 Å². The zero-order valence-corrected chi connectivity index (χ0v) is 14.5. The van der Waals surface area contributed by atoms with Crippen LogP contribution in [0.25, 0.3) is 22.2 Å². The first kappa shape index (κ1) is 15.7. The topological polar surface area (TPSA) is 60.5 Å². The van der Waals surface area contributed by atoms with Crippen molar-refractivity contribution in [2.45, 2.75) is 13.8 Å². The molecule has 0 spiro atoms. The van der Waals surface area contributed by atoms with Gasteiger partial charge in [-0.3, -0.25) is 4.79 Å². The average molecular weight is 355 g/mol. The van der Waals surface area contributed by atoms with Crippen molar-refractivity contribution in [3.05, 3.63) is 47.0 Å². The van der Waals surface area contributed by atoms with E-state index in [1.54, 1.807) is 0 Å². The lowest BCUT2D eigenvalue weighted by atomic mass is 10.0. The van der Waals surface area contributed by atoms with Gasteiger partial charge >= 0.3 is 0 Å². The number of anilines is 1. The summed E-state index contributed by atoms with van der Waals surface area (Å²) < 4.78 is 10.9. The number of carbonyl (C=O) groups excluding carboxylic acids is 1. The Hall–Kier alpha value is -2.79. The number of ether oxygens (including phenoxy) is 2. The van der Waals surface area contributed by atoms with Crippen molar-refractivity contribution >= 4 is 34.1 Å². The molecule has 0 unspecified atom stereocenters. The van der Waals surface area contributed by atoms with Crippen LogP contribution in [0, 0.1) is 6.92 Å². The Bertz CT molecular complexity index is 1000. The van der Waals surface area contributed by atoms with Crippen molar-refractivity contribution in [1.29, 1.82) is 0 Å². The summed E-state index contributed by atoms with van der Waals surface area (Å²) in [6, 6.07) is 11.2. The number of amides is 1. The van der Waals surface area contributed by atoms with E-state index in [0.29, 0.717) is 22.2 Å². The van der Waals surface area contributed by atoms with Gasteiger partial charge in [0.2, 0.25) is 12.7 Å². The van der Waals surface area contributed by atoms with Crippen molar-refractivity contribution in [3.8, 4) is 22.8 Å². The van der Waals surface area contributed by atoms with Crippen LogP contribution in [-0.4, -0.2) is 17.7 Å². The number of carbonyl (C=O) groups is 1. The summed E-state index contributed by atoms with van der Waals surface area (Å²) in [5.41, 5.74) is 4.04. The minimum absolute atomic E-state index is 0.110. The first-order chi connectivity index (χ1) is 12.0. The van der Waals surface area contributed by atoms with Gasteiger partial charge in [-0.2, -0.15) is 0 Å². The number of halogens is 1. The van der Waals surface area contributed by atoms with Crippen LogP contribution >= 0.6 is 11.6 Å². The van der Waals surface area contributed by atoms with Gasteiger partial charge in [0, 0.05) is 29.6 Å². The molecule has 2 aromatic carbocycles. The Balaban J connectivity index is 1.83. The van der Waals surface area contributed by atoms with Crippen molar-refractivity contribution in [1.82, 2.24) is 4.98 Å². The molecule has 25 heavy (non-hydrogen) atoms. The minimum atomic E-state index is -0.110. The van der Waals surface area contributed by atoms with Gasteiger partial charge in [0.25, 0.3) is 0 Å². The smallest absolute Gasteiger partial charge is 0.231 e. The first-order valence-corrected chi connectivity index (χ1v) is 8.18. The summed E-state index contributed by atoms with van der Waals surface area (Å²) >= 11 is 6.58. The van der Waals surface area contributed by atoms with E-state index in [1.165, 1.54) is 6.92 Å². The lowest BCUT2D eigenvalue weighted by molar-refractivity contribution is -0.114.